The highest BCUT2D eigenvalue weighted by atomic mass is 35.5. The third kappa shape index (κ3) is 5.30. The molecule has 0 bridgehead atoms. The third-order valence-corrected chi connectivity index (χ3v) is 4.94. The molecule has 28 heavy (non-hydrogen) atoms. The zero-order valence-electron chi connectivity index (χ0n) is 16.2. The molecule has 0 radical (unpaired) electrons. The first-order chi connectivity index (χ1) is 13.1. The molecule has 1 aromatic heterocycles. The molecule has 8 nitrogen and oxygen atoms in total. The summed E-state index contributed by atoms with van der Waals surface area (Å²) < 4.78 is 1.71. The Morgan fingerprint density at radius 1 is 1.29 bits per heavy atom. The molecule has 1 aliphatic heterocycles. The van der Waals surface area contributed by atoms with Crippen LogP contribution in [-0.4, -0.2) is 46.4 Å². The van der Waals surface area contributed by atoms with Gasteiger partial charge in [-0.25, -0.2) is 0 Å². The highest BCUT2D eigenvalue weighted by Crippen LogP contribution is 2.19. The number of carbonyl (C=O) groups excluding carboxylic acids is 2. The van der Waals surface area contributed by atoms with Crippen LogP contribution in [0.5, 0.6) is 0 Å². The maximum atomic E-state index is 12.5. The van der Waals surface area contributed by atoms with Crippen LogP contribution >= 0.6 is 12.4 Å². The van der Waals surface area contributed by atoms with E-state index in [2.05, 4.69) is 26.3 Å². The van der Waals surface area contributed by atoms with Gasteiger partial charge in [-0.1, -0.05) is 17.7 Å². The van der Waals surface area contributed by atoms with Crippen LogP contribution in [0.3, 0.4) is 0 Å². The lowest BCUT2D eigenvalue weighted by Crippen LogP contribution is -2.34. The van der Waals surface area contributed by atoms with E-state index in [-0.39, 0.29) is 29.9 Å². The van der Waals surface area contributed by atoms with Crippen molar-refractivity contribution in [1.29, 1.82) is 0 Å². The molecule has 9 heteroatoms. The molecule has 3 N–H and O–H groups in total. The van der Waals surface area contributed by atoms with E-state index in [4.69, 9.17) is 0 Å². The lowest BCUT2D eigenvalue weighted by atomic mass is 10.0. The molecule has 152 valence electrons. The number of halogens is 1. The van der Waals surface area contributed by atoms with Gasteiger partial charge in [0.2, 0.25) is 0 Å². The second-order valence-electron chi connectivity index (χ2n) is 6.81. The Bertz CT molecular complexity index is 817. The van der Waals surface area contributed by atoms with Crippen molar-refractivity contribution in [3.63, 3.8) is 0 Å². The second-order valence-corrected chi connectivity index (χ2v) is 6.81. The maximum Gasteiger partial charge on any atom is 0.277 e. The van der Waals surface area contributed by atoms with Crippen molar-refractivity contribution in [3.05, 3.63) is 41.2 Å². The number of piperidine rings is 1. The number of aryl methyl sites for hydroxylation is 1. The first kappa shape index (κ1) is 21.8. The molecule has 0 saturated carbocycles. The molecule has 0 aliphatic carbocycles. The van der Waals surface area contributed by atoms with E-state index in [0.29, 0.717) is 22.9 Å². The first-order valence-corrected chi connectivity index (χ1v) is 9.35. The number of aromatic nitrogens is 3. The molecule has 2 aromatic rings. The van der Waals surface area contributed by atoms with E-state index in [9.17, 15) is 9.59 Å². The Hall–Kier alpha value is -2.45. The van der Waals surface area contributed by atoms with Gasteiger partial charge in [0.05, 0.1) is 6.20 Å². The molecule has 2 amide bonds. The van der Waals surface area contributed by atoms with Gasteiger partial charge in [0.25, 0.3) is 11.8 Å². The van der Waals surface area contributed by atoms with Gasteiger partial charge >= 0.3 is 0 Å². The van der Waals surface area contributed by atoms with Crippen LogP contribution < -0.4 is 16.0 Å². The van der Waals surface area contributed by atoms with Gasteiger partial charge in [0.1, 0.15) is 0 Å². The van der Waals surface area contributed by atoms with E-state index >= 15 is 0 Å². The summed E-state index contributed by atoms with van der Waals surface area (Å²) in [6.07, 6.45) is 6.32. The standard InChI is InChI=1S/C19H26N6O2.ClH/c1-13-15(18(26)20-2)7-5-8-16(13)22-19(27)17-12-25(24-23-17)11-9-14-6-3-4-10-21-14;/h5,7-8,12,14,21H,3-4,6,9-11H2,1-2H3,(H,20,26)(H,22,27);1H. The van der Waals surface area contributed by atoms with Crippen LogP contribution in [0.1, 0.15) is 52.1 Å². The summed E-state index contributed by atoms with van der Waals surface area (Å²) in [6.45, 7) is 3.60. The molecule has 1 atom stereocenters. The van der Waals surface area contributed by atoms with Gasteiger partial charge in [0.15, 0.2) is 5.69 Å². The van der Waals surface area contributed by atoms with E-state index in [1.165, 1.54) is 19.3 Å². The maximum absolute atomic E-state index is 12.5. The summed E-state index contributed by atoms with van der Waals surface area (Å²) in [5.41, 5.74) is 2.08. The average Bonchev–Trinajstić information content (AvgIpc) is 3.17. The fourth-order valence-electron chi connectivity index (χ4n) is 3.31. The number of rotatable bonds is 6. The van der Waals surface area contributed by atoms with Gasteiger partial charge in [-0.3, -0.25) is 14.3 Å². The number of carbonyl (C=O) groups is 2. The number of nitrogens with one attached hydrogen (secondary N) is 3. The van der Waals surface area contributed by atoms with Crippen molar-refractivity contribution in [2.75, 3.05) is 18.9 Å². The Kier molecular flexibility index (Phi) is 7.95. The smallest absolute Gasteiger partial charge is 0.277 e. The largest absolute Gasteiger partial charge is 0.355 e. The molecule has 1 saturated heterocycles. The number of hydrogen-bond acceptors (Lipinski definition) is 5. The topological polar surface area (TPSA) is 101 Å². The molecule has 1 fully saturated rings. The minimum Gasteiger partial charge on any atom is -0.355 e. The van der Waals surface area contributed by atoms with Crippen LogP contribution in [-0.2, 0) is 6.54 Å². The van der Waals surface area contributed by atoms with Crippen LogP contribution in [0.4, 0.5) is 5.69 Å². The Morgan fingerprint density at radius 3 is 2.82 bits per heavy atom. The SMILES string of the molecule is CNC(=O)c1cccc(NC(=O)c2cn(CCC3CCCCN3)nn2)c1C.Cl. The fraction of sp³-hybridized carbons (Fsp3) is 0.474. The molecule has 1 aliphatic rings. The Balaban J connectivity index is 0.00000280. The lowest BCUT2D eigenvalue weighted by molar-refractivity contribution is 0.0960. The fourth-order valence-corrected chi connectivity index (χ4v) is 3.31. The van der Waals surface area contributed by atoms with Gasteiger partial charge in [-0.05, 0) is 50.4 Å². The van der Waals surface area contributed by atoms with Gasteiger partial charge in [-0.15, -0.1) is 17.5 Å². The summed E-state index contributed by atoms with van der Waals surface area (Å²) in [5, 5.41) is 17.0. The predicted molar refractivity (Wildman–Crippen MR) is 110 cm³/mol. The zero-order chi connectivity index (χ0) is 19.2. The minimum atomic E-state index is -0.339. The van der Waals surface area contributed by atoms with Gasteiger partial charge < -0.3 is 16.0 Å². The van der Waals surface area contributed by atoms with Gasteiger partial charge in [-0.2, -0.15) is 0 Å². The number of amides is 2. The average molecular weight is 407 g/mol. The van der Waals surface area contributed by atoms with Crippen molar-refractivity contribution in [2.45, 2.75) is 45.2 Å². The summed E-state index contributed by atoms with van der Waals surface area (Å²) in [7, 11) is 1.58. The van der Waals surface area contributed by atoms with Crippen molar-refractivity contribution in [2.24, 2.45) is 0 Å². The van der Waals surface area contributed by atoms with E-state index in [1.807, 2.05) is 0 Å². The predicted octanol–water partition coefficient (Wildman–Crippen LogP) is 2.15. The van der Waals surface area contributed by atoms with Crippen LogP contribution in [0.15, 0.2) is 24.4 Å². The molecule has 0 spiro atoms. The van der Waals surface area contributed by atoms with E-state index in [0.717, 1.165) is 19.5 Å². The van der Waals surface area contributed by atoms with Crippen molar-refractivity contribution in [1.82, 2.24) is 25.6 Å². The van der Waals surface area contributed by atoms with Crippen molar-refractivity contribution >= 4 is 29.9 Å². The first-order valence-electron chi connectivity index (χ1n) is 9.35. The molecule has 3 rings (SSSR count). The van der Waals surface area contributed by atoms with E-state index in [1.54, 1.807) is 43.0 Å². The highest BCUT2D eigenvalue weighted by molar-refractivity contribution is 6.04. The van der Waals surface area contributed by atoms with Gasteiger partial charge in [0, 0.05) is 30.9 Å². The Labute approximate surface area is 170 Å². The molecule has 2 heterocycles. The second kappa shape index (κ2) is 10.2. The molecular formula is C19H27ClN6O2. The zero-order valence-corrected chi connectivity index (χ0v) is 17.0. The summed E-state index contributed by atoms with van der Waals surface area (Å²) >= 11 is 0. The summed E-state index contributed by atoms with van der Waals surface area (Å²) in [4.78, 5) is 24.4. The van der Waals surface area contributed by atoms with Crippen LogP contribution in [0.2, 0.25) is 0 Å². The monoisotopic (exact) mass is 406 g/mol. The normalized spacial score (nSPS) is 16.1. The minimum absolute atomic E-state index is 0. The molecular weight excluding hydrogens is 380 g/mol. The summed E-state index contributed by atoms with van der Waals surface area (Å²) in [6, 6.07) is 5.73. The van der Waals surface area contributed by atoms with Crippen LogP contribution in [0.25, 0.3) is 0 Å². The number of nitrogens with zero attached hydrogens (tertiary/aromatic N) is 3. The number of benzene rings is 1. The summed E-state index contributed by atoms with van der Waals surface area (Å²) in [5.74, 6) is -0.528. The highest BCUT2D eigenvalue weighted by Gasteiger charge is 2.16. The van der Waals surface area contributed by atoms with Crippen LogP contribution in [0, 0.1) is 6.92 Å². The third-order valence-electron chi connectivity index (χ3n) is 4.94. The molecule has 1 aromatic carbocycles. The lowest BCUT2D eigenvalue weighted by Gasteiger charge is -2.23. The molecule has 1 unspecified atom stereocenters. The quantitative estimate of drug-likeness (QED) is 0.682. The number of anilines is 1. The van der Waals surface area contributed by atoms with Crippen molar-refractivity contribution < 1.29 is 9.59 Å². The number of hydrogen-bond donors (Lipinski definition) is 3. The Morgan fingerprint density at radius 2 is 2.11 bits per heavy atom. The van der Waals surface area contributed by atoms with Crippen molar-refractivity contribution in [3.8, 4) is 0 Å². The van der Waals surface area contributed by atoms with E-state index < -0.39 is 0 Å².